The Morgan fingerprint density at radius 2 is 1.58 bits per heavy atom. The minimum atomic E-state index is -3.68. The van der Waals surface area contributed by atoms with Gasteiger partial charge in [0.1, 0.15) is 5.75 Å². The van der Waals surface area contributed by atoms with Crippen molar-refractivity contribution >= 4 is 27.3 Å². The molecule has 0 aliphatic carbocycles. The minimum Gasteiger partial charge on any atom is -0.493 e. The summed E-state index contributed by atoms with van der Waals surface area (Å²) < 4.78 is 43.2. The first-order chi connectivity index (χ1) is 15.9. The van der Waals surface area contributed by atoms with Gasteiger partial charge in [-0.3, -0.25) is 9.10 Å². The smallest absolute Gasteiger partial charge is 0.264 e. The van der Waals surface area contributed by atoms with Gasteiger partial charge in [-0.05, 0) is 55.5 Å². The molecule has 0 aliphatic rings. The molecule has 0 saturated heterocycles. The zero-order valence-electron chi connectivity index (χ0n) is 18.6. The van der Waals surface area contributed by atoms with Gasteiger partial charge in [0.15, 0.2) is 18.1 Å². The molecule has 0 aromatic heterocycles. The first kappa shape index (κ1) is 23.9. The van der Waals surface area contributed by atoms with Crippen LogP contribution < -0.4 is 23.8 Å². The average Bonchev–Trinajstić information content (AvgIpc) is 2.84. The number of nitrogens with zero attached hydrogens (tertiary/aromatic N) is 1. The predicted octanol–water partition coefficient (Wildman–Crippen LogP) is 3.94. The lowest BCUT2D eigenvalue weighted by Crippen LogP contribution is -2.30. The van der Waals surface area contributed by atoms with Crippen LogP contribution in [0.2, 0.25) is 0 Å². The van der Waals surface area contributed by atoms with Crippen LogP contribution in [0.25, 0.3) is 0 Å². The fourth-order valence-corrected chi connectivity index (χ4v) is 4.67. The number of methoxy groups -OCH3 is 2. The molecule has 9 heteroatoms. The number of rotatable bonds is 10. The summed E-state index contributed by atoms with van der Waals surface area (Å²) in [7, 11) is -0.630. The third-order valence-corrected chi connectivity index (χ3v) is 6.70. The van der Waals surface area contributed by atoms with Gasteiger partial charge in [0.05, 0.1) is 24.8 Å². The van der Waals surface area contributed by atoms with Crippen LogP contribution in [-0.4, -0.2) is 41.7 Å². The Balaban J connectivity index is 1.63. The van der Waals surface area contributed by atoms with E-state index in [2.05, 4.69) is 5.32 Å². The molecular weight excluding hydrogens is 444 g/mol. The van der Waals surface area contributed by atoms with E-state index in [0.29, 0.717) is 28.6 Å². The van der Waals surface area contributed by atoms with Crippen LogP contribution in [0.5, 0.6) is 17.2 Å². The molecule has 0 fully saturated rings. The van der Waals surface area contributed by atoms with Crippen LogP contribution >= 0.6 is 0 Å². The highest BCUT2D eigenvalue weighted by molar-refractivity contribution is 7.92. The van der Waals surface area contributed by atoms with Crippen molar-refractivity contribution in [2.45, 2.75) is 11.8 Å². The molecule has 0 heterocycles. The maximum Gasteiger partial charge on any atom is 0.264 e. The fraction of sp³-hybridized carbons (Fsp3) is 0.208. The molecule has 0 saturated carbocycles. The lowest BCUT2D eigenvalue weighted by atomic mass is 10.2. The number of sulfonamides is 1. The summed E-state index contributed by atoms with van der Waals surface area (Å²) in [6, 6.07) is 19.8. The molecule has 3 aromatic rings. The van der Waals surface area contributed by atoms with Gasteiger partial charge in [0, 0.05) is 18.3 Å². The van der Waals surface area contributed by atoms with Crippen LogP contribution in [0.15, 0.2) is 77.7 Å². The number of amides is 1. The quantitative estimate of drug-likeness (QED) is 0.482. The molecule has 0 radical (unpaired) electrons. The van der Waals surface area contributed by atoms with E-state index in [1.807, 2.05) is 0 Å². The highest BCUT2D eigenvalue weighted by Gasteiger charge is 2.23. The number of anilines is 2. The lowest BCUT2D eigenvalue weighted by molar-refractivity contribution is -0.118. The first-order valence-corrected chi connectivity index (χ1v) is 11.7. The van der Waals surface area contributed by atoms with Crippen molar-refractivity contribution in [2.24, 2.45) is 0 Å². The summed E-state index contributed by atoms with van der Waals surface area (Å²) in [6.45, 7) is 1.82. The van der Waals surface area contributed by atoms with Gasteiger partial charge in [0.25, 0.3) is 15.9 Å². The molecule has 0 atom stereocenters. The van der Waals surface area contributed by atoms with Crippen molar-refractivity contribution in [2.75, 3.05) is 37.0 Å². The van der Waals surface area contributed by atoms with Crippen molar-refractivity contribution < 1.29 is 27.4 Å². The number of carbonyl (C=O) groups is 1. The van der Waals surface area contributed by atoms with Crippen LogP contribution in [0.3, 0.4) is 0 Å². The number of hydrogen-bond acceptors (Lipinski definition) is 6. The molecular formula is C24H26N2O6S. The summed E-state index contributed by atoms with van der Waals surface area (Å²) in [5.74, 6) is 1.14. The van der Waals surface area contributed by atoms with Crippen LogP contribution in [-0.2, 0) is 14.8 Å². The van der Waals surface area contributed by atoms with Gasteiger partial charge in [0.2, 0.25) is 0 Å². The normalized spacial score (nSPS) is 10.9. The third kappa shape index (κ3) is 5.75. The van der Waals surface area contributed by atoms with Crippen molar-refractivity contribution in [3.05, 3.63) is 72.8 Å². The summed E-state index contributed by atoms with van der Waals surface area (Å²) in [4.78, 5) is 12.5. The lowest BCUT2D eigenvalue weighted by Gasteiger charge is -2.23. The summed E-state index contributed by atoms with van der Waals surface area (Å²) in [6.07, 6.45) is 0. The second-order valence-electron chi connectivity index (χ2n) is 6.88. The van der Waals surface area contributed by atoms with E-state index >= 15 is 0 Å². The van der Waals surface area contributed by atoms with Gasteiger partial charge >= 0.3 is 0 Å². The largest absolute Gasteiger partial charge is 0.493 e. The SMILES string of the molecule is CCN(c1ccc(OCC(=O)Nc2ccc(OC)c(OC)c2)cc1)S(=O)(=O)c1ccccc1. The second-order valence-corrected chi connectivity index (χ2v) is 8.75. The molecule has 33 heavy (non-hydrogen) atoms. The number of ether oxygens (including phenoxy) is 3. The molecule has 8 nitrogen and oxygen atoms in total. The van der Waals surface area contributed by atoms with Crippen molar-refractivity contribution in [3.63, 3.8) is 0 Å². The van der Waals surface area contributed by atoms with Gasteiger partial charge in [-0.1, -0.05) is 18.2 Å². The van der Waals surface area contributed by atoms with E-state index in [4.69, 9.17) is 14.2 Å². The highest BCUT2D eigenvalue weighted by atomic mass is 32.2. The number of nitrogens with one attached hydrogen (secondary N) is 1. The Morgan fingerprint density at radius 1 is 0.909 bits per heavy atom. The monoisotopic (exact) mass is 470 g/mol. The Bertz CT molecular complexity index is 1180. The Morgan fingerprint density at radius 3 is 2.18 bits per heavy atom. The van der Waals surface area contributed by atoms with Crippen molar-refractivity contribution in [1.29, 1.82) is 0 Å². The Kier molecular flexibility index (Phi) is 7.78. The van der Waals surface area contributed by atoms with Crippen LogP contribution in [0, 0.1) is 0 Å². The fourth-order valence-electron chi connectivity index (χ4n) is 3.18. The highest BCUT2D eigenvalue weighted by Crippen LogP contribution is 2.30. The summed E-state index contributed by atoms with van der Waals surface area (Å²) in [5, 5.41) is 2.73. The zero-order valence-corrected chi connectivity index (χ0v) is 19.5. The molecule has 0 unspecified atom stereocenters. The topological polar surface area (TPSA) is 94.2 Å². The zero-order chi connectivity index (χ0) is 23.8. The maximum absolute atomic E-state index is 12.9. The molecule has 174 valence electrons. The number of benzene rings is 3. The van der Waals surface area contributed by atoms with E-state index < -0.39 is 10.0 Å². The van der Waals surface area contributed by atoms with Gasteiger partial charge < -0.3 is 19.5 Å². The van der Waals surface area contributed by atoms with Crippen molar-refractivity contribution in [3.8, 4) is 17.2 Å². The molecule has 3 aromatic carbocycles. The first-order valence-electron chi connectivity index (χ1n) is 10.2. The van der Waals surface area contributed by atoms with Crippen LogP contribution in [0.1, 0.15) is 6.92 Å². The van der Waals surface area contributed by atoms with E-state index in [1.165, 1.54) is 18.5 Å². The van der Waals surface area contributed by atoms with Gasteiger partial charge in [-0.2, -0.15) is 0 Å². The molecule has 1 N–H and O–H groups in total. The molecule has 1 amide bonds. The van der Waals surface area contributed by atoms with Gasteiger partial charge in [-0.15, -0.1) is 0 Å². The molecule has 0 bridgehead atoms. The van der Waals surface area contributed by atoms with Gasteiger partial charge in [-0.25, -0.2) is 8.42 Å². The Labute approximate surface area is 193 Å². The number of carbonyl (C=O) groups excluding carboxylic acids is 1. The van der Waals surface area contributed by atoms with E-state index in [1.54, 1.807) is 79.7 Å². The predicted molar refractivity (Wildman–Crippen MR) is 127 cm³/mol. The Hall–Kier alpha value is -3.72. The standard InChI is InChI=1S/C24H26N2O6S/c1-4-26(33(28,29)21-8-6-5-7-9-21)19-11-13-20(14-12-19)32-17-24(27)25-18-10-15-22(30-2)23(16-18)31-3/h5-16H,4,17H2,1-3H3,(H,25,27). The van der Waals surface area contributed by atoms with E-state index in [-0.39, 0.29) is 24.0 Å². The third-order valence-electron chi connectivity index (χ3n) is 4.78. The molecule has 0 aliphatic heterocycles. The van der Waals surface area contributed by atoms with Crippen molar-refractivity contribution in [1.82, 2.24) is 0 Å². The summed E-state index contributed by atoms with van der Waals surface area (Å²) in [5.41, 5.74) is 1.05. The average molecular weight is 471 g/mol. The molecule has 3 rings (SSSR count). The van der Waals surface area contributed by atoms with Crippen LogP contribution in [0.4, 0.5) is 11.4 Å². The minimum absolute atomic E-state index is 0.215. The van der Waals surface area contributed by atoms with E-state index in [0.717, 1.165) is 0 Å². The summed E-state index contributed by atoms with van der Waals surface area (Å²) >= 11 is 0. The van der Waals surface area contributed by atoms with E-state index in [9.17, 15) is 13.2 Å². The molecule has 0 spiro atoms. The maximum atomic E-state index is 12.9. The second kappa shape index (κ2) is 10.7. The number of hydrogen-bond donors (Lipinski definition) is 1.